The van der Waals surface area contributed by atoms with E-state index in [-0.39, 0.29) is 24.0 Å². The SMILES string of the molecule is CCNC(=NCCCOC)NCCC(CC)N1CCCC1=O.I. The molecule has 23 heavy (non-hydrogen) atoms. The Morgan fingerprint density at radius 3 is 2.74 bits per heavy atom. The van der Waals surface area contributed by atoms with Crippen molar-refractivity contribution in [1.82, 2.24) is 15.5 Å². The number of aliphatic imine (C=N–C) groups is 1. The Balaban J connectivity index is 0.00000484. The summed E-state index contributed by atoms with van der Waals surface area (Å²) in [5.74, 6) is 1.16. The molecule has 2 N–H and O–H groups in total. The summed E-state index contributed by atoms with van der Waals surface area (Å²) in [6.45, 7) is 8.30. The smallest absolute Gasteiger partial charge is 0.222 e. The van der Waals surface area contributed by atoms with E-state index in [1.54, 1.807) is 7.11 Å². The van der Waals surface area contributed by atoms with E-state index < -0.39 is 0 Å². The molecule has 0 spiro atoms. The monoisotopic (exact) mass is 440 g/mol. The number of methoxy groups -OCH3 is 1. The zero-order valence-corrected chi connectivity index (χ0v) is 17.1. The fourth-order valence-corrected chi connectivity index (χ4v) is 2.73. The number of hydrogen-bond acceptors (Lipinski definition) is 3. The number of guanidine groups is 1. The van der Waals surface area contributed by atoms with Crippen LogP contribution in [-0.4, -0.2) is 62.7 Å². The summed E-state index contributed by atoms with van der Waals surface area (Å²) in [6.07, 6.45) is 4.62. The average Bonchev–Trinajstić information content (AvgIpc) is 2.94. The first-order valence-corrected chi connectivity index (χ1v) is 8.53. The first-order chi connectivity index (χ1) is 10.7. The van der Waals surface area contributed by atoms with Gasteiger partial charge < -0.3 is 20.3 Å². The van der Waals surface area contributed by atoms with Gasteiger partial charge in [-0.05, 0) is 32.6 Å². The van der Waals surface area contributed by atoms with Crippen molar-refractivity contribution in [1.29, 1.82) is 0 Å². The summed E-state index contributed by atoms with van der Waals surface area (Å²) in [5.41, 5.74) is 0. The van der Waals surface area contributed by atoms with Crippen molar-refractivity contribution < 1.29 is 9.53 Å². The first kappa shape index (κ1) is 22.4. The van der Waals surface area contributed by atoms with Crippen molar-refractivity contribution >= 4 is 35.8 Å². The van der Waals surface area contributed by atoms with E-state index in [2.05, 4.69) is 29.5 Å². The minimum absolute atomic E-state index is 0. The van der Waals surface area contributed by atoms with E-state index in [0.717, 1.165) is 64.4 Å². The summed E-state index contributed by atoms with van der Waals surface area (Å²) >= 11 is 0. The number of nitrogens with zero attached hydrogens (tertiary/aromatic N) is 2. The molecule has 0 aliphatic carbocycles. The number of likely N-dealkylation sites (tertiary alicyclic amines) is 1. The number of nitrogens with one attached hydrogen (secondary N) is 2. The molecule has 136 valence electrons. The molecule has 1 rings (SSSR count). The maximum Gasteiger partial charge on any atom is 0.222 e. The van der Waals surface area contributed by atoms with E-state index in [9.17, 15) is 4.79 Å². The van der Waals surface area contributed by atoms with Crippen LogP contribution < -0.4 is 10.6 Å². The van der Waals surface area contributed by atoms with E-state index in [0.29, 0.717) is 18.4 Å². The lowest BCUT2D eigenvalue weighted by atomic mass is 10.1. The van der Waals surface area contributed by atoms with Gasteiger partial charge in [0.05, 0.1) is 0 Å². The van der Waals surface area contributed by atoms with Crippen LogP contribution >= 0.6 is 24.0 Å². The highest BCUT2D eigenvalue weighted by Gasteiger charge is 2.26. The number of carbonyl (C=O) groups is 1. The third-order valence-electron chi connectivity index (χ3n) is 3.91. The molecule has 1 aliphatic heterocycles. The number of rotatable bonds is 10. The molecule has 0 radical (unpaired) electrons. The second kappa shape index (κ2) is 13.8. The van der Waals surface area contributed by atoms with Crippen molar-refractivity contribution in [2.24, 2.45) is 4.99 Å². The summed E-state index contributed by atoms with van der Waals surface area (Å²) < 4.78 is 5.03. The number of hydrogen-bond donors (Lipinski definition) is 2. The van der Waals surface area contributed by atoms with Crippen molar-refractivity contribution in [2.45, 2.75) is 52.0 Å². The zero-order valence-electron chi connectivity index (χ0n) is 14.8. The van der Waals surface area contributed by atoms with Crippen molar-refractivity contribution in [3.8, 4) is 0 Å². The minimum Gasteiger partial charge on any atom is -0.385 e. The van der Waals surface area contributed by atoms with Gasteiger partial charge in [0.2, 0.25) is 5.91 Å². The fourth-order valence-electron chi connectivity index (χ4n) is 2.73. The van der Waals surface area contributed by atoms with E-state index in [1.165, 1.54) is 0 Å². The van der Waals surface area contributed by atoms with Crippen LogP contribution in [0.15, 0.2) is 4.99 Å². The van der Waals surface area contributed by atoms with Gasteiger partial charge in [-0.2, -0.15) is 0 Å². The van der Waals surface area contributed by atoms with Gasteiger partial charge in [0.15, 0.2) is 5.96 Å². The topological polar surface area (TPSA) is 66.0 Å². The van der Waals surface area contributed by atoms with Crippen LogP contribution in [0.1, 0.15) is 46.0 Å². The normalized spacial score (nSPS) is 16.2. The van der Waals surface area contributed by atoms with Crippen LogP contribution in [0.4, 0.5) is 0 Å². The van der Waals surface area contributed by atoms with Crippen LogP contribution in [0, 0.1) is 0 Å². The lowest BCUT2D eigenvalue weighted by Crippen LogP contribution is -2.42. The summed E-state index contributed by atoms with van der Waals surface area (Å²) in [6, 6.07) is 0.346. The maximum atomic E-state index is 11.8. The van der Waals surface area contributed by atoms with Gasteiger partial charge in [-0.3, -0.25) is 9.79 Å². The van der Waals surface area contributed by atoms with Crippen LogP contribution in [0.3, 0.4) is 0 Å². The average molecular weight is 440 g/mol. The number of carbonyl (C=O) groups excluding carboxylic acids is 1. The van der Waals surface area contributed by atoms with Crippen molar-refractivity contribution in [2.75, 3.05) is 39.9 Å². The van der Waals surface area contributed by atoms with E-state index in [1.807, 2.05) is 4.90 Å². The molecule has 1 unspecified atom stereocenters. The lowest BCUT2D eigenvalue weighted by Gasteiger charge is -2.27. The molecule has 1 fully saturated rings. The van der Waals surface area contributed by atoms with Gasteiger partial charge in [0.25, 0.3) is 0 Å². The van der Waals surface area contributed by atoms with Crippen LogP contribution in [0.25, 0.3) is 0 Å². The molecule has 1 atom stereocenters. The highest BCUT2D eigenvalue weighted by atomic mass is 127. The van der Waals surface area contributed by atoms with Crippen molar-refractivity contribution in [3.05, 3.63) is 0 Å². The molecule has 1 amide bonds. The minimum atomic E-state index is 0. The Kier molecular flexibility index (Phi) is 13.5. The third kappa shape index (κ3) is 8.74. The van der Waals surface area contributed by atoms with Gasteiger partial charge in [0.1, 0.15) is 0 Å². The predicted octanol–water partition coefficient (Wildman–Crippen LogP) is 1.99. The molecular weight excluding hydrogens is 407 g/mol. The van der Waals surface area contributed by atoms with Gasteiger partial charge in [-0.15, -0.1) is 24.0 Å². The highest BCUT2D eigenvalue weighted by molar-refractivity contribution is 14.0. The molecule has 0 aromatic rings. The molecule has 0 saturated carbocycles. The third-order valence-corrected chi connectivity index (χ3v) is 3.91. The highest BCUT2D eigenvalue weighted by Crippen LogP contribution is 2.17. The molecule has 0 aromatic heterocycles. The van der Waals surface area contributed by atoms with Gasteiger partial charge in [0, 0.05) is 52.4 Å². The van der Waals surface area contributed by atoms with Crippen LogP contribution in [-0.2, 0) is 9.53 Å². The number of halogens is 1. The van der Waals surface area contributed by atoms with E-state index in [4.69, 9.17) is 4.74 Å². The Morgan fingerprint density at radius 1 is 1.39 bits per heavy atom. The summed E-state index contributed by atoms with van der Waals surface area (Å²) in [5, 5.41) is 6.61. The summed E-state index contributed by atoms with van der Waals surface area (Å²) in [7, 11) is 1.71. The van der Waals surface area contributed by atoms with Gasteiger partial charge in [-0.1, -0.05) is 6.92 Å². The molecular formula is C16H33IN4O2. The largest absolute Gasteiger partial charge is 0.385 e. The maximum absolute atomic E-state index is 11.8. The standard InChI is InChI=1S/C16H32N4O2.HI/c1-4-14(20-12-6-8-15(20)21)9-11-19-16(17-5-2)18-10-7-13-22-3;/h14H,4-13H2,1-3H3,(H2,17,18,19);1H. The van der Waals surface area contributed by atoms with Crippen molar-refractivity contribution in [3.63, 3.8) is 0 Å². The molecule has 0 bridgehead atoms. The number of amides is 1. The quantitative estimate of drug-likeness (QED) is 0.236. The first-order valence-electron chi connectivity index (χ1n) is 8.53. The van der Waals surface area contributed by atoms with E-state index >= 15 is 0 Å². The molecule has 1 heterocycles. The number of ether oxygens (including phenoxy) is 1. The second-order valence-electron chi connectivity index (χ2n) is 5.58. The summed E-state index contributed by atoms with van der Waals surface area (Å²) in [4.78, 5) is 18.4. The Labute approximate surface area is 157 Å². The molecule has 0 aromatic carbocycles. The fraction of sp³-hybridized carbons (Fsp3) is 0.875. The second-order valence-corrected chi connectivity index (χ2v) is 5.58. The van der Waals surface area contributed by atoms with Crippen LogP contribution in [0.5, 0.6) is 0 Å². The zero-order chi connectivity index (χ0) is 16.2. The predicted molar refractivity (Wildman–Crippen MR) is 106 cm³/mol. The molecule has 1 aliphatic rings. The lowest BCUT2D eigenvalue weighted by molar-refractivity contribution is -0.129. The molecule has 6 nitrogen and oxygen atoms in total. The Hall–Kier alpha value is -0.570. The van der Waals surface area contributed by atoms with Gasteiger partial charge >= 0.3 is 0 Å². The Bertz CT molecular complexity index is 353. The Morgan fingerprint density at radius 2 is 2.17 bits per heavy atom. The van der Waals surface area contributed by atoms with Gasteiger partial charge in [-0.25, -0.2) is 0 Å². The molecule has 7 heteroatoms. The molecule has 1 saturated heterocycles. The van der Waals surface area contributed by atoms with Crippen LogP contribution in [0.2, 0.25) is 0 Å².